The first-order valence-electron chi connectivity index (χ1n) is 10.0. The van der Waals surface area contributed by atoms with E-state index in [1.165, 1.54) is 0 Å². The normalized spacial score (nSPS) is 15.3. The zero-order chi connectivity index (χ0) is 20.1. The fraction of sp³-hybridized carbons (Fsp3) is 0.364. The summed E-state index contributed by atoms with van der Waals surface area (Å²) >= 11 is 0. The predicted molar refractivity (Wildman–Crippen MR) is 113 cm³/mol. The second-order valence-electron chi connectivity index (χ2n) is 7.47. The maximum atomic E-state index is 12.2. The van der Waals surface area contributed by atoms with Crippen molar-refractivity contribution in [3.8, 4) is 6.07 Å². The van der Waals surface area contributed by atoms with Crippen molar-refractivity contribution >= 4 is 16.6 Å². The van der Waals surface area contributed by atoms with Crippen LogP contribution < -0.4 is 10.9 Å². The molecule has 29 heavy (non-hydrogen) atoms. The van der Waals surface area contributed by atoms with E-state index in [1.54, 1.807) is 30.6 Å². The Kier molecular flexibility index (Phi) is 5.82. The number of hydrogen-bond donors (Lipinski definition) is 2. The molecule has 1 aliphatic heterocycles. The fourth-order valence-corrected chi connectivity index (χ4v) is 3.85. The van der Waals surface area contributed by atoms with Gasteiger partial charge in [0.05, 0.1) is 22.8 Å². The average molecular weight is 388 g/mol. The summed E-state index contributed by atoms with van der Waals surface area (Å²) in [6, 6.07) is 11.7. The van der Waals surface area contributed by atoms with E-state index in [4.69, 9.17) is 5.26 Å². The number of H-pyrrole nitrogens is 1. The van der Waals surface area contributed by atoms with E-state index in [-0.39, 0.29) is 5.56 Å². The number of nitrogens with one attached hydrogen (secondary N) is 2. The zero-order valence-electron chi connectivity index (χ0n) is 16.3. The van der Waals surface area contributed by atoms with Crippen LogP contribution in [0.1, 0.15) is 30.7 Å². The van der Waals surface area contributed by atoms with Crippen LogP contribution in [-0.2, 0) is 6.42 Å². The smallest absolute Gasteiger partial charge is 0.257 e. The molecule has 7 heteroatoms. The Morgan fingerprint density at radius 2 is 2.10 bits per heavy atom. The topological polar surface area (TPSA) is 97.7 Å². The molecule has 0 atom stereocenters. The Labute approximate surface area is 169 Å². The van der Waals surface area contributed by atoms with Gasteiger partial charge in [-0.1, -0.05) is 0 Å². The molecule has 7 nitrogen and oxygen atoms in total. The van der Waals surface area contributed by atoms with Crippen molar-refractivity contribution in [3.63, 3.8) is 0 Å². The first-order chi connectivity index (χ1) is 14.2. The zero-order valence-corrected chi connectivity index (χ0v) is 16.3. The molecule has 0 saturated carbocycles. The van der Waals surface area contributed by atoms with Crippen LogP contribution >= 0.6 is 0 Å². The molecule has 148 valence electrons. The van der Waals surface area contributed by atoms with Gasteiger partial charge in [0.1, 0.15) is 11.8 Å². The first kappa shape index (κ1) is 19.1. The number of fused-ring (bicyclic) bond motifs is 1. The van der Waals surface area contributed by atoms with E-state index >= 15 is 0 Å². The van der Waals surface area contributed by atoms with Gasteiger partial charge in [-0.25, -0.2) is 4.98 Å². The van der Waals surface area contributed by atoms with E-state index in [2.05, 4.69) is 25.2 Å². The largest absolute Gasteiger partial charge is 0.381 e. The summed E-state index contributed by atoms with van der Waals surface area (Å²) in [5, 5.41) is 13.0. The Balaban J connectivity index is 1.23. The summed E-state index contributed by atoms with van der Waals surface area (Å²) in [5.41, 5.74) is 3.06. The average Bonchev–Trinajstić information content (AvgIpc) is 2.76. The van der Waals surface area contributed by atoms with Gasteiger partial charge in [-0.3, -0.25) is 9.78 Å². The van der Waals surface area contributed by atoms with Crippen molar-refractivity contribution in [1.29, 1.82) is 5.26 Å². The van der Waals surface area contributed by atoms with Gasteiger partial charge in [0.2, 0.25) is 0 Å². The Morgan fingerprint density at radius 1 is 1.24 bits per heavy atom. The summed E-state index contributed by atoms with van der Waals surface area (Å²) < 4.78 is 0. The van der Waals surface area contributed by atoms with Gasteiger partial charge in [-0.2, -0.15) is 5.26 Å². The molecule has 0 radical (unpaired) electrons. The minimum absolute atomic E-state index is 0.0604. The predicted octanol–water partition coefficient (Wildman–Crippen LogP) is 2.70. The lowest BCUT2D eigenvalue weighted by Crippen LogP contribution is -2.39. The van der Waals surface area contributed by atoms with Crippen molar-refractivity contribution in [2.75, 3.05) is 25.0 Å². The molecule has 1 aliphatic rings. The molecule has 1 saturated heterocycles. The summed E-state index contributed by atoms with van der Waals surface area (Å²) in [5.74, 6) is 0. The molecular weight excluding hydrogens is 364 g/mol. The number of nitrogens with zero attached hydrogens (tertiary/aromatic N) is 4. The van der Waals surface area contributed by atoms with Crippen LogP contribution in [0, 0.1) is 11.3 Å². The van der Waals surface area contributed by atoms with Crippen LogP contribution in [0.3, 0.4) is 0 Å². The number of aromatic nitrogens is 3. The van der Waals surface area contributed by atoms with Crippen LogP contribution in [0.5, 0.6) is 0 Å². The van der Waals surface area contributed by atoms with Gasteiger partial charge < -0.3 is 15.2 Å². The van der Waals surface area contributed by atoms with Crippen molar-refractivity contribution in [2.24, 2.45) is 0 Å². The van der Waals surface area contributed by atoms with Gasteiger partial charge in [0.25, 0.3) is 5.56 Å². The second-order valence-corrected chi connectivity index (χ2v) is 7.47. The van der Waals surface area contributed by atoms with Crippen LogP contribution in [-0.4, -0.2) is 45.5 Å². The van der Waals surface area contributed by atoms with Crippen molar-refractivity contribution < 1.29 is 0 Å². The van der Waals surface area contributed by atoms with Gasteiger partial charge in [0.15, 0.2) is 0 Å². The molecule has 3 aromatic heterocycles. The number of hydrogen-bond acceptors (Lipinski definition) is 6. The molecule has 0 unspecified atom stereocenters. The highest BCUT2D eigenvalue weighted by Crippen LogP contribution is 2.17. The molecule has 4 rings (SSSR count). The Hall–Kier alpha value is -3.24. The number of nitriles is 1. The van der Waals surface area contributed by atoms with E-state index in [9.17, 15) is 4.79 Å². The number of piperidine rings is 1. The number of anilines is 1. The lowest BCUT2D eigenvalue weighted by atomic mass is 10.0. The first-order valence-corrected chi connectivity index (χ1v) is 10.0. The van der Waals surface area contributed by atoms with Gasteiger partial charge in [-0.05, 0) is 62.6 Å². The molecule has 4 heterocycles. The van der Waals surface area contributed by atoms with E-state index in [0.29, 0.717) is 17.1 Å². The number of pyridine rings is 3. The van der Waals surface area contributed by atoms with Crippen molar-refractivity contribution in [2.45, 2.75) is 31.7 Å². The van der Waals surface area contributed by atoms with Gasteiger partial charge in [0, 0.05) is 31.0 Å². The highest BCUT2D eigenvalue weighted by atomic mass is 16.1. The lowest BCUT2D eigenvalue weighted by Gasteiger charge is -2.32. The SMILES string of the molecule is N#Cc1ccc(NC2CCN(CCCc3cc4ncccc4c(=O)[nH]3)CC2)cn1. The minimum atomic E-state index is -0.0604. The van der Waals surface area contributed by atoms with Gasteiger partial charge in [-0.15, -0.1) is 0 Å². The van der Waals surface area contributed by atoms with Crippen molar-refractivity contribution in [3.05, 3.63) is 64.5 Å². The molecule has 0 amide bonds. The summed E-state index contributed by atoms with van der Waals surface area (Å²) in [6.07, 6.45) is 7.46. The van der Waals surface area contributed by atoms with E-state index < -0.39 is 0 Å². The maximum absolute atomic E-state index is 12.2. The number of aryl methyl sites for hydroxylation is 1. The third-order valence-electron chi connectivity index (χ3n) is 5.43. The molecule has 0 bridgehead atoms. The maximum Gasteiger partial charge on any atom is 0.257 e. The molecular formula is C22H24N6O. The second kappa shape index (κ2) is 8.84. The third-order valence-corrected chi connectivity index (χ3v) is 5.43. The van der Waals surface area contributed by atoms with Crippen LogP contribution in [0.15, 0.2) is 47.5 Å². The van der Waals surface area contributed by atoms with Gasteiger partial charge >= 0.3 is 0 Å². The summed E-state index contributed by atoms with van der Waals surface area (Å²) in [6.45, 7) is 3.13. The summed E-state index contributed by atoms with van der Waals surface area (Å²) in [7, 11) is 0. The van der Waals surface area contributed by atoms with Crippen LogP contribution in [0.4, 0.5) is 5.69 Å². The summed E-state index contributed by atoms with van der Waals surface area (Å²) in [4.78, 5) is 26.0. The van der Waals surface area contributed by atoms with Crippen molar-refractivity contribution in [1.82, 2.24) is 19.9 Å². The fourth-order valence-electron chi connectivity index (χ4n) is 3.85. The lowest BCUT2D eigenvalue weighted by molar-refractivity contribution is 0.217. The third kappa shape index (κ3) is 4.79. The van der Waals surface area contributed by atoms with E-state index in [1.807, 2.05) is 18.2 Å². The monoisotopic (exact) mass is 388 g/mol. The standard InChI is InChI=1S/C22H24N6O/c23-14-18-5-6-19(15-25-18)26-16-7-11-28(12-8-16)10-2-3-17-13-21-20(22(29)27-17)4-1-9-24-21/h1,4-6,9,13,15-16,26H,2-3,7-8,10-12H2,(H,27,29). The minimum Gasteiger partial charge on any atom is -0.381 e. The van der Waals surface area contributed by atoms with Crippen LogP contribution in [0.2, 0.25) is 0 Å². The Bertz CT molecular complexity index is 1060. The molecule has 0 spiro atoms. The number of likely N-dealkylation sites (tertiary alicyclic amines) is 1. The quantitative estimate of drug-likeness (QED) is 0.674. The highest BCUT2D eigenvalue weighted by Gasteiger charge is 2.18. The highest BCUT2D eigenvalue weighted by molar-refractivity contribution is 5.77. The van der Waals surface area contributed by atoms with E-state index in [0.717, 1.165) is 62.2 Å². The Morgan fingerprint density at radius 3 is 2.86 bits per heavy atom. The molecule has 0 aromatic carbocycles. The number of aromatic amines is 1. The molecule has 2 N–H and O–H groups in total. The molecule has 1 fully saturated rings. The molecule has 0 aliphatic carbocycles. The number of rotatable bonds is 6. The molecule has 3 aromatic rings. The van der Waals surface area contributed by atoms with Crippen LogP contribution in [0.25, 0.3) is 10.9 Å².